The summed E-state index contributed by atoms with van der Waals surface area (Å²) in [5.74, 6) is 0. The average molecular weight is 295 g/mol. The largest absolute Gasteiger partial charge is 0.393 e. The second kappa shape index (κ2) is 7.98. The van der Waals surface area contributed by atoms with Crippen molar-refractivity contribution in [2.24, 2.45) is 0 Å². The quantitative estimate of drug-likeness (QED) is 0.247. The molecule has 0 fully saturated rings. The van der Waals surface area contributed by atoms with Gasteiger partial charge in [0.2, 0.25) is 0 Å². The maximum absolute atomic E-state index is 9.56. The van der Waals surface area contributed by atoms with E-state index >= 15 is 0 Å². The first-order valence-corrected chi connectivity index (χ1v) is 2.66. The predicted molar refractivity (Wildman–Crippen MR) is 35.7 cm³/mol. The van der Waals surface area contributed by atoms with Crippen LogP contribution in [0.5, 0.6) is 0 Å². The number of carbonyl (C=O) groups is 1. The Hall–Kier alpha value is 0.984. The molecule has 0 atom stereocenters. The van der Waals surface area contributed by atoms with Crippen LogP contribution < -0.4 is 0 Å². The van der Waals surface area contributed by atoms with Gasteiger partial charge in [0.15, 0.2) is 0 Å². The van der Waals surface area contributed by atoms with E-state index in [-0.39, 0.29) is 32.7 Å². The molecule has 0 aromatic heterocycles. The summed E-state index contributed by atoms with van der Waals surface area (Å²) in [6.07, 6.45) is 4.23. The SMILES string of the molecule is [CH-]=CC(I)=[C-]C=O.[Y]. The first kappa shape index (κ1) is 11.7. The van der Waals surface area contributed by atoms with E-state index in [9.17, 15) is 4.79 Å². The molecule has 0 spiro atoms. The Kier molecular flexibility index (Phi) is 11.7. The summed E-state index contributed by atoms with van der Waals surface area (Å²) < 4.78 is 0.632. The second-order valence-electron chi connectivity index (χ2n) is 0.777. The van der Waals surface area contributed by atoms with E-state index in [4.69, 9.17) is 6.58 Å². The van der Waals surface area contributed by atoms with Gasteiger partial charge in [0.05, 0.1) is 0 Å². The zero-order chi connectivity index (χ0) is 5.70. The minimum atomic E-state index is 0. The molecular weight excluding hydrogens is 292 g/mol. The molecule has 0 saturated carbocycles. The summed E-state index contributed by atoms with van der Waals surface area (Å²) in [7, 11) is 0. The van der Waals surface area contributed by atoms with Gasteiger partial charge in [-0.15, -0.1) is 0 Å². The second-order valence-corrected chi connectivity index (χ2v) is 1.94. The fourth-order valence-corrected chi connectivity index (χ4v) is 0.232. The van der Waals surface area contributed by atoms with Crippen LogP contribution in [0, 0.1) is 12.7 Å². The third-order valence-electron chi connectivity index (χ3n) is 0.343. The van der Waals surface area contributed by atoms with Crippen molar-refractivity contribution in [3.8, 4) is 0 Å². The molecule has 0 aromatic carbocycles. The van der Waals surface area contributed by atoms with Crippen molar-refractivity contribution in [2.45, 2.75) is 0 Å². The topological polar surface area (TPSA) is 17.1 Å². The molecule has 0 aromatic rings. The van der Waals surface area contributed by atoms with Gasteiger partial charge in [0, 0.05) is 39.0 Å². The van der Waals surface area contributed by atoms with Crippen LogP contribution in [-0.4, -0.2) is 6.29 Å². The zero-order valence-corrected chi connectivity index (χ0v) is 9.09. The summed E-state index contributed by atoms with van der Waals surface area (Å²) in [6.45, 7) is 4.97. The molecule has 0 N–H and O–H groups in total. The van der Waals surface area contributed by atoms with Crippen LogP contribution in [-0.2, 0) is 37.5 Å². The van der Waals surface area contributed by atoms with Gasteiger partial charge in [-0.2, -0.15) is 0 Å². The van der Waals surface area contributed by atoms with Crippen molar-refractivity contribution in [1.82, 2.24) is 0 Å². The molecule has 1 radical (unpaired) electrons. The maximum atomic E-state index is 9.56. The van der Waals surface area contributed by atoms with Crippen LogP contribution in [0.4, 0.5) is 0 Å². The molecule has 0 aliphatic rings. The molecular formula is C5H3IOY-2. The minimum Gasteiger partial charge on any atom is -0.393 e. The van der Waals surface area contributed by atoms with Crippen molar-refractivity contribution in [3.63, 3.8) is 0 Å². The van der Waals surface area contributed by atoms with Crippen LogP contribution in [0.2, 0.25) is 0 Å². The predicted octanol–water partition coefficient (Wildman–Crippen LogP) is 1.29. The van der Waals surface area contributed by atoms with Crippen LogP contribution >= 0.6 is 22.6 Å². The number of halogens is 1. The van der Waals surface area contributed by atoms with Crippen molar-refractivity contribution >= 4 is 28.9 Å². The number of hydrogen-bond acceptors (Lipinski definition) is 1. The fourth-order valence-electron chi connectivity index (χ4n) is 0.104. The van der Waals surface area contributed by atoms with E-state index in [0.29, 0.717) is 9.87 Å². The van der Waals surface area contributed by atoms with Crippen LogP contribution in [0.1, 0.15) is 0 Å². The Bertz CT molecular complexity index is 109. The summed E-state index contributed by atoms with van der Waals surface area (Å²) in [4.78, 5) is 9.56. The van der Waals surface area contributed by atoms with E-state index in [1.165, 1.54) is 6.08 Å². The molecule has 0 heterocycles. The van der Waals surface area contributed by atoms with Gasteiger partial charge in [-0.3, -0.25) is 6.08 Å². The van der Waals surface area contributed by atoms with Crippen molar-refractivity contribution in [3.05, 3.63) is 22.3 Å². The number of allylic oxidation sites excluding steroid dienone is 3. The van der Waals surface area contributed by atoms with Crippen molar-refractivity contribution in [2.75, 3.05) is 0 Å². The molecule has 0 bridgehead atoms. The molecule has 0 aliphatic heterocycles. The Labute approximate surface area is 87.6 Å². The van der Waals surface area contributed by atoms with Crippen molar-refractivity contribution in [1.29, 1.82) is 0 Å². The number of carbonyl (C=O) groups excluding carboxylic acids is 1. The van der Waals surface area contributed by atoms with Gasteiger partial charge in [-0.05, 0) is 0 Å². The van der Waals surface area contributed by atoms with Gasteiger partial charge < -0.3 is 21.0 Å². The molecule has 1 nitrogen and oxygen atoms in total. The van der Waals surface area contributed by atoms with E-state index in [2.05, 4.69) is 6.08 Å². The van der Waals surface area contributed by atoms with Gasteiger partial charge >= 0.3 is 0 Å². The molecule has 0 amide bonds. The van der Waals surface area contributed by atoms with Gasteiger partial charge in [-0.1, -0.05) is 0 Å². The molecule has 0 saturated heterocycles. The van der Waals surface area contributed by atoms with Crippen LogP contribution in [0.25, 0.3) is 0 Å². The first-order valence-electron chi connectivity index (χ1n) is 1.59. The van der Waals surface area contributed by atoms with Crippen LogP contribution in [0.3, 0.4) is 0 Å². The van der Waals surface area contributed by atoms with Crippen molar-refractivity contribution < 1.29 is 37.5 Å². The Morgan fingerprint density at radius 2 is 2.25 bits per heavy atom. The summed E-state index contributed by atoms with van der Waals surface area (Å²) in [6, 6.07) is 0. The van der Waals surface area contributed by atoms with Crippen LogP contribution in [0.15, 0.2) is 9.66 Å². The molecule has 3 heteroatoms. The monoisotopic (exact) mass is 295 g/mol. The van der Waals surface area contributed by atoms with E-state index in [1.54, 1.807) is 0 Å². The maximum Gasteiger partial charge on any atom is 0.0362 e. The first-order chi connectivity index (χ1) is 3.31. The van der Waals surface area contributed by atoms with Gasteiger partial charge in [-0.25, -0.2) is 22.6 Å². The Morgan fingerprint density at radius 3 is 2.38 bits per heavy atom. The Morgan fingerprint density at radius 1 is 1.75 bits per heavy atom. The standard InChI is InChI=1S/C5H3IO.Y/c1-2-5(6)3-4-7;/h1-2,4H;/q-2;. The van der Waals surface area contributed by atoms with Gasteiger partial charge in [0.1, 0.15) is 0 Å². The fraction of sp³-hybridized carbons (Fsp3) is 0. The third kappa shape index (κ3) is 6.98. The normalized spacial score (nSPS) is 9.38. The molecule has 41 valence electrons. The number of aldehydes is 1. The molecule has 0 unspecified atom stereocenters. The Balaban J connectivity index is 0. The smallest absolute Gasteiger partial charge is 0.0362 e. The zero-order valence-electron chi connectivity index (χ0n) is 4.10. The summed E-state index contributed by atoms with van der Waals surface area (Å²) in [5.41, 5.74) is 0. The van der Waals surface area contributed by atoms with Gasteiger partial charge in [0.25, 0.3) is 0 Å². The van der Waals surface area contributed by atoms with E-state index < -0.39 is 0 Å². The minimum absolute atomic E-state index is 0. The summed E-state index contributed by atoms with van der Waals surface area (Å²) >= 11 is 1.90. The summed E-state index contributed by atoms with van der Waals surface area (Å²) in [5, 5.41) is 0. The van der Waals surface area contributed by atoms with E-state index in [0.717, 1.165) is 0 Å². The number of hydrogen-bond donors (Lipinski definition) is 0. The van der Waals surface area contributed by atoms with E-state index in [1.807, 2.05) is 22.6 Å². The average Bonchev–Trinajstić information content (AvgIpc) is 1.68. The third-order valence-corrected chi connectivity index (χ3v) is 1.01. The molecule has 0 rings (SSSR count). The number of rotatable bonds is 2. The molecule has 0 aliphatic carbocycles. The molecule has 8 heavy (non-hydrogen) atoms.